The van der Waals surface area contributed by atoms with Crippen LogP contribution in [0.25, 0.3) is 5.57 Å². The summed E-state index contributed by atoms with van der Waals surface area (Å²) >= 11 is 6.50. The van der Waals surface area contributed by atoms with Gasteiger partial charge in [-0.3, -0.25) is 14.5 Å². The minimum absolute atomic E-state index is 0.261. The van der Waals surface area contributed by atoms with Crippen LogP contribution in [0.4, 0.5) is 10.1 Å². The quantitative estimate of drug-likeness (QED) is 0.448. The molecule has 2 aromatic rings. The van der Waals surface area contributed by atoms with Gasteiger partial charge in [-0.25, -0.2) is 4.39 Å². The van der Waals surface area contributed by atoms with Gasteiger partial charge in [0.1, 0.15) is 10.1 Å². The maximum absolute atomic E-state index is 15.0. The Morgan fingerprint density at radius 3 is 2.41 bits per heavy atom. The Balaban J connectivity index is 1.83. The number of carbonyl (C=O) groups excluding carboxylic acids is 2. The van der Waals surface area contributed by atoms with Crippen molar-refractivity contribution in [2.45, 2.75) is 45.1 Å². The molecule has 2 amide bonds. The van der Waals surface area contributed by atoms with Gasteiger partial charge in [0.15, 0.2) is 0 Å². The molecular weight excluding hydrogens is 443 g/mol. The fourth-order valence-corrected chi connectivity index (χ4v) is 6.96. The molecule has 3 aliphatic heterocycles. The average molecular weight is 467 g/mol. The number of likely N-dealkylation sites (N-methyl/N-ethyl adjacent to an activating group) is 1. The van der Waals surface area contributed by atoms with Crippen LogP contribution in [0, 0.1) is 5.82 Å². The topological polar surface area (TPSA) is 40.6 Å². The first-order valence-electron chi connectivity index (χ1n) is 10.6. The number of hydrogen-bond acceptors (Lipinski definition) is 4. The van der Waals surface area contributed by atoms with Crippen LogP contribution in [0.2, 0.25) is 0 Å². The number of thiocarbonyl (C=S) groups is 1. The molecule has 164 valence electrons. The first-order valence-corrected chi connectivity index (χ1v) is 11.8. The van der Waals surface area contributed by atoms with E-state index in [0.717, 1.165) is 22.9 Å². The van der Waals surface area contributed by atoms with Crippen LogP contribution in [0.15, 0.2) is 47.4 Å². The lowest BCUT2D eigenvalue weighted by molar-refractivity contribution is -0.122. The van der Waals surface area contributed by atoms with E-state index in [1.807, 2.05) is 51.1 Å². The minimum Gasteiger partial charge on any atom is -0.302 e. The van der Waals surface area contributed by atoms with Crippen molar-refractivity contribution in [1.82, 2.24) is 4.90 Å². The second kappa shape index (κ2) is 6.99. The number of rotatable bonds is 2. The zero-order chi connectivity index (χ0) is 23.0. The van der Waals surface area contributed by atoms with Crippen LogP contribution < -0.4 is 4.90 Å². The van der Waals surface area contributed by atoms with Gasteiger partial charge in [-0.2, -0.15) is 0 Å². The SMILES string of the molecule is CCN1C(=O)C(=C2C(=O)N3c4c2cc(F)cc4C(C)(c2ccccc2)CC3(C)C)SC1=S. The summed E-state index contributed by atoms with van der Waals surface area (Å²) in [6.45, 7) is 8.44. The van der Waals surface area contributed by atoms with E-state index in [1.54, 1.807) is 11.0 Å². The Hall–Kier alpha value is -2.51. The third-order valence-electron chi connectivity index (χ3n) is 6.77. The molecule has 3 heterocycles. The van der Waals surface area contributed by atoms with Crippen molar-refractivity contribution in [1.29, 1.82) is 0 Å². The number of nitrogens with zero attached hydrogens (tertiary/aromatic N) is 2. The summed E-state index contributed by atoms with van der Waals surface area (Å²) in [5, 5.41) is 0. The Morgan fingerprint density at radius 1 is 1.09 bits per heavy atom. The molecule has 0 saturated carbocycles. The van der Waals surface area contributed by atoms with E-state index >= 15 is 4.39 Å². The normalized spacial score (nSPS) is 26.2. The lowest BCUT2D eigenvalue weighted by atomic mass is 9.65. The highest BCUT2D eigenvalue weighted by Crippen LogP contribution is 2.57. The van der Waals surface area contributed by atoms with E-state index in [-0.39, 0.29) is 17.4 Å². The molecule has 0 aromatic heterocycles. The van der Waals surface area contributed by atoms with Crippen LogP contribution in [-0.4, -0.2) is 33.1 Å². The van der Waals surface area contributed by atoms with Crippen molar-refractivity contribution in [3.63, 3.8) is 0 Å². The summed E-state index contributed by atoms with van der Waals surface area (Å²) in [5.74, 6) is -0.963. The molecule has 0 N–H and O–H groups in total. The minimum atomic E-state index is -0.541. The molecule has 0 spiro atoms. The number of anilines is 1. The highest BCUT2D eigenvalue weighted by molar-refractivity contribution is 8.26. The molecule has 2 aromatic carbocycles. The van der Waals surface area contributed by atoms with E-state index in [2.05, 4.69) is 6.92 Å². The molecule has 3 aliphatic rings. The second-order valence-electron chi connectivity index (χ2n) is 9.30. The zero-order valence-electron chi connectivity index (χ0n) is 18.4. The standard InChI is InChI=1S/C25H23FN2O2S2/c1-5-27-22(30)20(32-23(27)31)18-16-11-15(26)12-17-19(16)28(21(18)29)24(2,3)13-25(17,4)14-9-7-6-8-10-14/h6-12H,5,13H2,1-4H3. The van der Waals surface area contributed by atoms with Gasteiger partial charge < -0.3 is 4.90 Å². The van der Waals surface area contributed by atoms with E-state index < -0.39 is 16.8 Å². The largest absolute Gasteiger partial charge is 0.302 e. The van der Waals surface area contributed by atoms with Crippen molar-refractivity contribution in [3.05, 3.63) is 69.9 Å². The Morgan fingerprint density at radius 2 is 1.78 bits per heavy atom. The van der Waals surface area contributed by atoms with Gasteiger partial charge in [0.05, 0.1) is 16.2 Å². The summed E-state index contributed by atoms with van der Waals surface area (Å²) in [7, 11) is 0. The maximum atomic E-state index is 15.0. The van der Waals surface area contributed by atoms with Gasteiger partial charge in [-0.15, -0.1) is 0 Å². The molecule has 0 bridgehead atoms. The highest BCUT2D eigenvalue weighted by atomic mass is 32.2. The van der Waals surface area contributed by atoms with Crippen molar-refractivity contribution in [3.8, 4) is 0 Å². The van der Waals surface area contributed by atoms with Crippen molar-refractivity contribution in [2.24, 2.45) is 0 Å². The lowest BCUT2D eigenvalue weighted by Crippen LogP contribution is -2.54. The summed E-state index contributed by atoms with van der Waals surface area (Å²) in [6, 6.07) is 12.9. The Labute approximate surface area is 196 Å². The van der Waals surface area contributed by atoms with Gasteiger partial charge in [0.25, 0.3) is 11.8 Å². The van der Waals surface area contributed by atoms with Crippen LogP contribution >= 0.6 is 24.0 Å². The lowest BCUT2D eigenvalue weighted by Gasteiger charge is -2.49. The van der Waals surface area contributed by atoms with Crippen LogP contribution in [0.1, 0.15) is 50.8 Å². The van der Waals surface area contributed by atoms with E-state index in [4.69, 9.17) is 12.2 Å². The van der Waals surface area contributed by atoms with E-state index in [9.17, 15) is 9.59 Å². The zero-order valence-corrected chi connectivity index (χ0v) is 20.0. The van der Waals surface area contributed by atoms with Gasteiger partial charge in [0.2, 0.25) is 0 Å². The molecule has 32 heavy (non-hydrogen) atoms. The van der Waals surface area contributed by atoms with Crippen molar-refractivity contribution >= 4 is 51.4 Å². The average Bonchev–Trinajstić information content (AvgIpc) is 3.18. The number of thioether (sulfide) groups is 1. The Kier molecular flexibility index (Phi) is 4.66. The molecule has 1 unspecified atom stereocenters. The number of hydrogen-bond donors (Lipinski definition) is 0. The number of carbonyl (C=O) groups is 2. The molecule has 1 saturated heterocycles. The summed E-state index contributed by atoms with van der Waals surface area (Å²) in [5.41, 5.74) is 2.25. The van der Waals surface area contributed by atoms with Gasteiger partial charge in [-0.1, -0.05) is 61.2 Å². The van der Waals surface area contributed by atoms with Crippen LogP contribution in [0.5, 0.6) is 0 Å². The first kappa shape index (κ1) is 21.3. The highest BCUT2D eigenvalue weighted by Gasteiger charge is 2.54. The van der Waals surface area contributed by atoms with Crippen LogP contribution in [-0.2, 0) is 15.0 Å². The summed E-state index contributed by atoms with van der Waals surface area (Å²) in [4.78, 5) is 30.4. The molecule has 0 aliphatic carbocycles. The molecular formula is C25H23FN2O2S2. The van der Waals surface area contributed by atoms with Gasteiger partial charge >= 0.3 is 0 Å². The molecule has 7 heteroatoms. The fourth-order valence-electron chi connectivity index (χ4n) is 5.50. The van der Waals surface area contributed by atoms with E-state index in [1.165, 1.54) is 11.0 Å². The monoisotopic (exact) mass is 466 g/mol. The smallest absolute Gasteiger partial charge is 0.266 e. The first-order chi connectivity index (χ1) is 15.1. The Bertz CT molecular complexity index is 1240. The third kappa shape index (κ3) is 2.77. The maximum Gasteiger partial charge on any atom is 0.266 e. The number of halogens is 1. The third-order valence-corrected chi connectivity index (χ3v) is 8.22. The van der Waals surface area contributed by atoms with Gasteiger partial charge in [-0.05, 0) is 50.5 Å². The van der Waals surface area contributed by atoms with Crippen molar-refractivity contribution < 1.29 is 14.0 Å². The van der Waals surface area contributed by atoms with Crippen LogP contribution in [0.3, 0.4) is 0 Å². The number of amides is 2. The predicted octanol–water partition coefficient (Wildman–Crippen LogP) is 5.25. The second-order valence-corrected chi connectivity index (χ2v) is 10.9. The molecule has 4 nitrogen and oxygen atoms in total. The molecule has 1 atom stereocenters. The predicted molar refractivity (Wildman–Crippen MR) is 130 cm³/mol. The fraction of sp³-hybridized carbons (Fsp3) is 0.320. The van der Waals surface area contributed by atoms with E-state index in [0.29, 0.717) is 33.4 Å². The summed E-state index contributed by atoms with van der Waals surface area (Å²) < 4.78 is 15.5. The van der Waals surface area contributed by atoms with Crippen molar-refractivity contribution in [2.75, 3.05) is 11.4 Å². The molecule has 0 radical (unpaired) electrons. The molecule has 1 fully saturated rings. The number of benzene rings is 2. The van der Waals surface area contributed by atoms with Gasteiger partial charge in [0, 0.05) is 23.1 Å². The summed E-state index contributed by atoms with van der Waals surface area (Å²) in [6.07, 6.45) is 0.620. The molecule has 5 rings (SSSR count).